The number of hydrogen-bond acceptors (Lipinski definition) is 3. The van der Waals surface area contributed by atoms with Gasteiger partial charge in [-0.25, -0.2) is 0 Å². The second-order valence-corrected chi connectivity index (χ2v) is 18.2. The number of nitrogens with one attached hydrogen (secondary N) is 3. The van der Waals surface area contributed by atoms with Crippen molar-refractivity contribution >= 4 is 0 Å². The Balaban J connectivity index is 1.62. The molecule has 3 N–H and O–H groups in total. The van der Waals surface area contributed by atoms with Crippen LogP contribution in [0.3, 0.4) is 0 Å². The van der Waals surface area contributed by atoms with Gasteiger partial charge in [-0.2, -0.15) is 0 Å². The minimum absolute atomic E-state index is 0.242. The van der Waals surface area contributed by atoms with E-state index in [1.165, 1.54) is 57.8 Å². The molecule has 0 aromatic carbocycles. The lowest BCUT2D eigenvalue weighted by Gasteiger charge is -2.55. The summed E-state index contributed by atoms with van der Waals surface area (Å²) in [5.41, 5.74) is 1.45. The molecule has 1 saturated carbocycles. The summed E-state index contributed by atoms with van der Waals surface area (Å²) in [4.78, 5) is 0. The normalized spacial score (nSPS) is 38.5. The molecule has 3 aliphatic heterocycles. The standard InChI is InChI=1S/C33H63N3/c1-28(2)16-25(17-29(3,4)34-28)22-13-23(26-18-30(5,6)35-31(7,8)19-26)15-24(14-22)27-20-32(9,10)36-33(11,12)21-27/h22-27,34-36H,13-21H2,1-12H3. The molecule has 1 aliphatic carbocycles. The molecular formula is C33H63N3. The van der Waals surface area contributed by atoms with Crippen LogP contribution in [0, 0.1) is 35.5 Å². The molecule has 0 aromatic heterocycles. The minimum atomic E-state index is 0.242. The second kappa shape index (κ2) is 9.22. The second-order valence-electron chi connectivity index (χ2n) is 18.2. The van der Waals surface area contributed by atoms with Gasteiger partial charge in [-0.05, 0) is 176 Å². The van der Waals surface area contributed by atoms with Crippen LogP contribution < -0.4 is 16.0 Å². The van der Waals surface area contributed by atoms with Gasteiger partial charge in [0.25, 0.3) is 0 Å². The van der Waals surface area contributed by atoms with Crippen molar-refractivity contribution < 1.29 is 0 Å². The molecule has 0 radical (unpaired) electrons. The van der Waals surface area contributed by atoms with Gasteiger partial charge in [0, 0.05) is 33.2 Å². The third-order valence-corrected chi connectivity index (χ3v) is 10.5. The monoisotopic (exact) mass is 502 g/mol. The average Bonchev–Trinajstić information content (AvgIpc) is 2.60. The Morgan fingerprint density at radius 2 is 0.472 bits per heavy atom. The van der Waals surface area contributed by atoms with Crippen molar-refractivity contribution in [3.63, 3.8) is 0 Å². The van der Waals surface area contributed by atoms with E-state index in [2.05, 4.69) is 99.0 Å². The zero-order valence-electron chi connectivity index (χ0n) is 26.3. The molecule has 0 atom stereocenters. The smallest absolute Gasteiger partial charge is 0.0132 e. The Bertz CT molecular complexity index is 630. The molecule has 0 unspecified atom stereocenters. The first-order valence-electron chi connectivity index (χ1n) is 15.5. The third kappa shape index (κ3) is 7.09. The van der Waals surface area contributed by atoms with Crippen LogP contribution in [0.5, 0.6) is 0 Å². The summed E-state index contributed by atoms with van der Waals surface area (Å²) < 4.78 is 0. The number of rotatable bonds is 3. The predicted octanol–water partition coefficient (Wildman–Crippen LogP) is 7.69. The molecule has 4 rings (SSSR count). The van der Waals surface area contributed by atoms with E-state index in [-0.39, 0.29) is 33.2 Å². The van der Waals surface area contributed by atoms with Crippen LogP contribution in [-0.4, -0.2) is 33.2 Å². The van der Waals surface area contributed by atoms with Crippen LogP contribution in [0.25, 0.3) is 0 Å². The van der Waals surface area contributed by atoms with Gasteiger partial charge in [0.2, 0.25) is 0 Å². The molecule has 0 bridgehead atoms. The molecule has 210 valence electrons. The summed E-state index contributed by atoms with van der Waals surface area (Å²) in [6.07, 6.45) is 12.5. The van der Waals surface area contributed by atoms with E-state index in [4.69, 9.17) is 0 Å². The quantitative estimate of drug-likeness (QED) is 0.371. The lowest BCUT2D eigenvalue weighted by Crippen LogP contribution is -2.61. The number of hydrogen-bond donors (Lipinski definition) is 3. The van der Waals surface area contributed by atoms with E-state index in [1.807, 2.05) is 0 Å². The van der Waals surface area contributed by atoms with Crippen LogP contribution in [0.4, 0.5) is 0 Å². The van der Waals surface area contributed by atoms with Gasteiger partial charge in [-0.1, -0.05) is 0 Å². The van der Waals surface area contributed by atoms with E-state index in [0.717, 1.165) is 35.5 Å². The fourth-order valence-electron chi connectivity index (χ4n) is 10.8. The highest BCUT2D eigenvalue weighted by Gasteiger charge is 2.49. The maximum absolute atomic E-state index is 3.98. The van der Waals surface area contributed by atoms with Crippen molar-refractivity contribution in [3.05, 3.63) is 0 Å². The first kappa shape index (κ1) is 28.9. The molecule has 4 fully saturated rings. The topological polar surface area (TPSA) is 36.1 Å². The van der Waals surface area contributed by atoms with Crippen molar-refractivity contribution in [2.24, 2.45) is 35.5 Å². The molecule has 36 heavy (non-hydrogen) atoms. The van der Waals surface area contributed by atoms with Crippen molar-refractivity contribution in [1.82, 2.24) is 16.0 Å². The first-order chi connectivity index (χ1) is 16.1. The highest BCUT2D eigenvalue weighted by atomic mass is 15.1. The lowest BCUT2D eigenvalue weighted by molar-refractivity contribution is -0.0135. The van der Waals surface area contributed by atoms with Crippen molar-refractivity contribution in [1.29, 1.82) is 0 Å². The highest BCUT2D eigenvalue weighted by molar-refractivity contribution is 5.05. The zero-order chi connectivity index (χ0) is 26.9. The van der Waals surface area contributed by atoms with Gasteiger partial charge in [0.05, 0.1) is 0 Å². The predicted molar refractivity (Wildman–Crippen MR) is 156 cm³/mol. The summed E-state index contributed by atoms with van der Waals surface area (Å²) in [7, 11) is 0. The van der Waals surface area contributed by atoms with Crippen LogP contribution in [0.15, 0.2) is 0 Å². The van der Waals surface area contributed by atoms with E-state index >= 15 is 0 Å². The largest absolute Gasteiger partial charge is 0.307 e. The highest BCUT2D eigenvalue weighted by Crippen LogP contribution is 2.53. The van der Waals surface area contributed by atoms with Gasteiger partial charge in [0.15, 0.2) is 0 Å². The van der Waals surface area contributed by atoms with Crippen molar-refractivity contribution in [3.8, 4) is 0 Å². The van der Waals surface area contributed by atoms with E-state index in [1.54, 1.807) is 0 Å². The fourth-order valence-corrected chi connectivity index (χ4v) is 10.8. The molecule has 4 aliphatic rings. The number of piperidine rings is 3. The first-order valence-corrected chi connectivity index (χ1v) is 15.5. The lowest BCUT2D eigenvalue weighted by atomic mass is 9.56. The molecule has 0 aromatic rings. The van der Waals surface area contributed by atoms with Crippen LogP contribution in [-0.2, 0) is 0 Å². The fraction of sp³-hybridized carbons (Fsp3) is 1.00. The van der Waals surface area contributed by atoms with Gasteiger partial charge in [-0.3, -0.25) is 0 Å². The van der Waals surface area contributed by atoms with E-state index in [9.17, 15) is 0 Å². The summed E-state index contributed by atoms with van der Waals surface area (Å²) >= 11 is 0. The minimum Gasteiger partial charge on any atom is -0.307 e. The molecule has 3 heterocycles. The van der Waals surface area contributed by atoms with Crippen LogP contribution >= 0.6 is 0 Å². The average molecular weight is 502 g/mol. The Hall–Kier alpha value is -0.120. The maximum atomic E-state index is 3.98. The van der Waals surface area contributed by atoms with Crippen molar-refractivity contribution in [2.45, 2.75) is 174 Å². The maximum Gasteiger partial charge on any atom is 0.0132 e. The Morgan fingerprint density at radius 1 is 0.306 bits per heavy atom. The molecule has 3 heteroatoms. The molecule has 0 spiro atoms. The Morgan fingerprint density at radius 3 is 0.639 bits per heavy atom. The van der Waals surface area contributed by atoms with Crippen molar-refractivity contribution in [2.75, 3.05) is 0 Å². The van der Waals surface area contributed by atoms with E-state index in [0.29, 0.717) is 0 Å². The third-order valence-electron chi connectivity index (χ3n) is 10.5. The van der Waals surface area contributed by atoms with Crippen LogP contribution in [0.2, 0.25) is 0 Å². The molecule has 0 amide bonds. The van der Waals surface area contributed by atoms with Crippen LogP contribution in [0.1, 0.15) is 141 Å². The summed E-state index contributed by atoms with van der Waals surface area (Å²) in [6, 6.07) is 0. The zero-order valence-corrected chi connectivity index (χ0v) is 26.3. The van der Waals surface area contributed by atoms with Gasteiger partial charge >= 0.3 is 0 Å². The Kier molecular flexibility index (Phi) is 7.40. The Labute approximate surface area is 225 Å². The summed E-state index contributed by atoms with van der Waals surface area (Å²) in [6.45, 7) is 29.4. The van der Waals surface area contributed by atoms with E-state index < -0.39 is 0 Å². The van der Waals surface area contributed by atoms with Gasteiger partial charge in [0.1, 0.15) is 0 Å². The SMILES string of the molecule is CC1(C)CC(C2CC(C3CC(C)(C)NC(C)(C)C3)CC(C3CC(C)(C)NC(C)(C)C3)C2)CC(C)(C)N1. The summed E-state index contributed by atoms with van der Waals surface area (Å²) in [5.74, 6) is 5.22. The van der Waals surface area contributed by atoms with Gasteiger partial charge < -0.3 is 16.0 Å². The molecule has 3 nitrogen and oxygen atoms in total. The molecular weight excluding hydrogens is 438 g/mol. The van der Waals surface area contributed by atoms with Gasteiger partial charge in [-0.15, -0.1) is 0 Å². The molecule has 3 saturated heterocycles. The summed E-state index contributed by atoms with van der Waals surface area (Å²) in [5, 5.41) is 11.9.